The van der Waals surface area contributed by atoms with E-state index in [1.54, 1.807) is 0 Å². The molecule has 1 aromatic carbocycles. The highest BCUT2D eigenvalue weighted by molar-refractivity contribution is 8.10. The predicted molar refractivity (Wildman–Crippen MR) is 105 cm³/mol. The summed E-state index contributed by atoms with van der Waals surface area (Å²) in [6.45, 7) is 0. The number of sulfonamides is 2. The maximum Gasteiger partial charge on any atom is 0.341 e. The summed E-state index contributed by atoms with van der Waals surface area (Å²) in [7, 11) is -8.61. The van der Waals surface area contributed by atoms with Gasteiger partial charge in [0.2, 0.25) is 20.0 Å². The number of hydrogen-bond donors (Lipinski definition) is 0. The second-order valence-electron chi connectivity index (χ2n) is 5.49. The molecule has 0 heterocycles. The van der Waals surface area contributed by atoms with Crippen molar-refractivity contribution in [2.24, 2.45) is 0 Å². The molecule has 0 aliphatic carbocycles. The third-order valence-corrected chi connectivity index (χ3v) is 8.34. The van der Waals surface area contributed by atoms with Gasteiger partial charge in [0.05, 0.1) is 23.5 Å². The van der Waals surface area contributed by atoms with Crippen LogP contribution in [0.3, 0.4) is 0 Å². The highest BCUT2D eigenvalue weighted by atomic mass is 35.5. The van der Waals surface area contributed by atoms with E-state index in [4.69, 9.17) is 23.2 Å². The summed E-state index contributed by atoms with van der Waals surface area (Å²) in [6, 6.07) is 0.928. The number of nitrogens with zero attached hydrogens (tertiary/aromatic N) is 2. The molecule has 0 aliphatic rings. The molecule has 0 saturated carbocycles. The minimum Gasteiger partial charge on any atom is -0.465 e. The van der Waals surface area contributed by atoms with Gasteiger partial charge >= 0.3 is 5.97 Å². The van der Waals surface area contributed by atoms with E-state index in [1.165, 1.54) is 0 Å². The van der Waals surface area contributed by atoms with Gasteiger partial charge in [0.15, 0.2) is 5.82 Å². The van der Waals surface area contributed by atoms with Gasteiger partial charge in [0, 0.05) is 23.9 Å². The molecule has 0 amide bonds. The number of methoxy groups -OCH3 is 1. The van der Waals surface area contributed by atoms with Crippen LogP contribution >= 0.6 is 23.2 Å². The number of nitro groups is 1. The zero-order valence-electron chi connectivity index (χ0n) is 15.0. The van der Waals surface area contributed by atoms with Gasteiger partial charge in [-0.15, -0.1) is 23.2 Å². The van der Waals surface area contributed by atoms with E-state index in [1.807, 2.05) is 0 Å². The van der Waals surface area contributed by atoms with Gasteiger partial charge < -0.3 is 4.74 Å². The number of hydrogen-bond acceptors (Lipinski definition) is 8. The number of halogens is 3. The summed E-state index contributed by atoms with van der Waals surface area (Å²) in [5.41, 5.74) is -3.10. The van der Waals surface area contributed by atoms with Gasteiger partial charge in [-0.05, 0) is 12.8 Å². The van der Waals surface area contributed by atoms with E-state index in [2.05, 4.69) is 4.74 Å². The monoisotopic (exact) mass is 494 g/mol. The normalized spacial score (nSPS) is 11.9. The lowest BCUT2D eigenvalue weighted by Crippen LogP contribution is -2.41. The first-order chi connectivity index (χ1) is 13.4. The number of esters is 1. The Kier molecular flexibility index (Phi) is 9.06. The summed E-state index contributed by atoms with van der Waals surface area (Å²) in [5, 5.41) is 11.2. The zero-order chi connectivity index (χ0) is 22.4. The molecule has 164 valence electrons. The number of alkyl halides is 2. The van der Waals surface area contributed by atoms with Crippen molar-refractivity contribution in [3.8, 4) is 0 Å². The first-order valence-corrected chi connectivity index (χ1v) is 12.2. The molecule has 0 aliphatic heterocycles. The molecular formula is C14H17Cl2FN2O8S2. The lowest BCUT2D eigenvalue weighted by molar-refractivity contribution is -0.384. The van der Waals surface area contributed by atoms with Crippen LogP contribution in [-0.2, 0) is 24.8 Å². The average Bonchev–Trinajstić information content (AvgIpc) is 2.65. The number of carbonyl (C=O) groups is 1. The van der Waals surface area contributed by atoms with Crippen molar-refractivity contribution >= 4 is 60.6 Å². The largest absolute Gasteiger partial charge is 0.465 e. The Balaban J connectivity index is 3.87. The van der Waals surface area contributed by atoms with Crippen molar-refractivity contribution in [1.82, 2.24) is 0 Å². The number of carbonyl (C=O) groups excluding carboxylic acids is 1. The molecule has 15 heteroatoms. The minimum atomic E-state index is -4.74. The molecular weight excluding hydrogens is 478 g/mol. The zero-order valence-corrected chi connectivity index (χ0v) is 18.2. The topological polar surface area (TPSA) is 141 Å². The Bertz CT molecular complexity index is 948. The van der Waals surface area contributed by atoms with E-state index < -0.39 is 65.2 Å². The van der Waals surface area contributed by atoms with Crippen LogP contribution in [0.15, 0.2) is 12.1 Å². The molecule has 0 aromatic heterocycles. The van der Waals surface area contributed by atoms with Crippen molar-refractivity contribution in [1.29, 1.82) is 0 Å². The van der Waals surface area contributed by atoms with Crippen LogP contribution in [0.1, 0.15) is 23.2 Å². The fourth-order valence-electron chi connectivity index (χ4n) is 2.20. The summed E-state index contributed by atoms with van der Waals surface area (Å²) in [6.07, 6.45) is -0.350. The maximum absolute atomic E-state index is 15.0. The molecule has 0 radical (unpaired) electrons. The highest BCUT2D eigenvalue weighted by Gasteiger charge is 2.38. The Morgan fingerprint density at radius 1 is 1.14 bits per heavy atom. The molecule has 0 spiro atoms. The van der Waals surface area contributed by atoms with Crippen LogP contribution < -0.4 is 3.71 Å². The third kappa shape index (κ3) is 6.14. The van der Waals surface area contributed by atoms with Gasteiger partial charge in [0.25, 0.3) is 5.69 Å². The first kappa shape index (κ1) is 25.3. The molecule has 1 aromatic rings. The average molecular weight is 495 g/mol. The number of rotatable bonds is 11. The second-order valence-corrected chi connectivity index (χ2v) is 10.4. The quantitative estimate of drug-likeness (QED) is 0.197. The van der Waals surface area contributed by atoms with Crippen LogP contribution in [0.5, 0.6) is 0 Å². The van der Waals surface area contributed by atoms with Gasteiger partial charge in [-0.3, -0.25) is 10.1 Å². The standard InChI is InChI=1S/C14H17Cl2FN2O8S2/c1-27-14(20)11-8-10(18(21)22)9-12(13(11)17)19(28(23,24)6-2-4-15)29(25,26)7-3-5-16/h8-9H,2-7H2,1H3. The second kappa shape index (κ2) is 10.4. The van der Waals surface area contributed by atoms with Crippen LogP contribution in [0.4, 0.5) is 15.8 Å². The van der Waals surface area contributed by atoms with Crippen molar-refractivity contribution < 1.29 is 35.7 Å². The number of non-ortho nitro benzene ring substituents is 1. The molecule has 0 bridgehead atoms. The fourth-order valence-corrected chi connectivity index (χ4v) is 6.83. The minimum absolute atomic E-state index is 0.139. The predicted octanol–water partition coefficient (Wildman–Crippen LogP) is 2.24. The summed E-state index contributed by atoms with van der Waals surface area (Å²) in [5.74, 6) is -4.81. The molecule has 1 rings (SSSR count). The number of anilines is 1. The highest BCUT2D eigenvalue weighted by Crippen LogP contribution is 2.33. The van der Waals surface area contributed by atoms with E-state index in [-0.39, 0.29) is 28.3 Å². The molecule has 0 N–H and O–H groups in total. The van der Waals surface area contributed by atoms with Crippen LogP contribution in [-0.4, -0.2) is 58.1 Å². The van der Waals surface area contributed by atoms with Gasteiger partial charge in [0.1, 0.15) is 11.3 Å². The van der Waals surface area contributed by atoms with E-state index in [9.17, 15) is 36.1 Å². The third-order valence-electron chi connectivity index (χ3n) is 3.43. The maximum atomic E-state index is 15.0. The van der Waals surface area contributed by atoms with E-state index >= 15 is 0 Å². The Hall–Kier alpha value is -1.70. The molecule has 0 unspecified atom stereocenters. The van der Waals surface area contributed by atoms with E-state index in [0.717, 1.165) is 7.11 Å². The molecule has 0 saturated heterocycles. The summed E-state index contributed by atoms with van der Waals surface area (Å²) in [4.78, 5) is 21.9. The lowest BCUT2D eigenvalue weighted by Gasteiger charge is -2.24. The summed E-state index contributed by atoms with van der Waals surface area (Å²) >= 11 is 10.9. The van der Waals surface area contributed by atoms with Crippen molar-refractivity contribution in [3.63, 3.8) is 0 Å². The Morgan fingerprint density at radius 2 is 1.62 bits per heavy atom. The molecule has 0 fully saturated rings. The van der Waals surface area contributed by atoms with Gasteiger partial charge in [-0.2, -0.15) is 3.71 Å². The van der Waals surface area contributed by atoms with Crippen LogP contribution in [0, 0.1) is 15.9 Å². The molecule has 10 nitrogen and oxygen atoms in total. The molecule has 0 atom stereocenters. The number of benzene rings is 1. The summed E-state index contributed by atoms with van der Waals surface area (Å²) < 4.78 is 69.8. The fraction of sp³-hybridized carbons (Fsp3) is 0.500. The Morgan fingerprint density at radius 3 is 2.00 bits per heavy atom. The lowest BCUT2D eigenvalue weighted by atomic mass is 10.1. The SMILES string of the molecule is COC(=O)c1cc([N+](=O)[O-])cc(N(S(=O)(=O)CCCCl)S(=O)(=O)CCCCl)c1F. The van der Waals surface area contributed by atoms with Crippen LogP contribution in [0.2, 0.25) is 0 Å². The van der Waals surface area contributed by atoms with Gasteiger partial charge in [-0.1, -0.05) is 0 Å². The van der Waals surface area contributed by atoms with Gasteiger partial charge in [-0.25, -0.2) is 26.0 Å². The number of nitro benzene ring substituents is 1. The Labute approximate surface area is 176 Å². The molecule has 29 heavy (non-hydrogen) atoms. The smallest absolute Gasteiger partial charge is 0.341 e. The van der Waals surface area contributed by atoms with Crippen molar-refractivity contribution in [2.75, 3.05) is 34.1 Å². The van der Waals surface area contributed by atoms with Crippen molar-refractivity contribution in [3.05, 3.63) is 33.6 Å². The van der Waals surface area contributed by atoms with E-state index in [0.29, 0.717) is 12.1 Å². The van der Waals surface area contributed by atoms with Crippen molar-refractivity contribution in [2.45, 2.75) is 12.8 Å². The number of ether oxygens (including phenoxy) is 1. The first-order valence-electron chi connectivity index (χ1n) is 7.87. The van der Waals surface area contributed by atoms with Crippen LogP contribution in [0.25, 0.3) is 0 Å².